The van der Waals surface area contributed by atoms with Gasteiger partial charge in [0, 0.05) is 0 Å². The molecule has 0 aliphatic heterocycles. The Morgan fingerprint density at radius 2 is 1.55 bits per heavy atom. The van der Waals surface area contributed by atoms with Crippen LogP contribution in [0.3, 0.4) is 0 Å². The number of hydrogen-bond acceptors (Lipinski definition) is 3. The molecule has 2 N–H and O–H groups in total. The van der Waals surface area contributed by atoms with Gasteiger partial charge >= 0.3 is 0 Å². The van der Waals surface area contributed by atoms with Crippen LogP contribution in [0.4, 0.5) is 0 Å². The quantitative estimate of drug-likeness (QED) is 0.658. The van der Waals surface area contributed by atoms with E-state index in [4.69, 9.17) is 0 Å². The Hall–Kier alpha value is -2.46. The number of amides is 1. The summed E-state index contributed by atoms with van der Waals surface area (Å²) in [7, 11) is 0. The van der Waals surface area contributed by atoms with E-state index < -0.39 is 12.0 Å². The van der Waals surface area contributed by atoms with Gasteiger partial charge in [0.2, 0.25) is 0 Å². The number of nitrogens with one attached hydrogen (secondary N) is 1. The predicted molar refractivity (Wildman–Crippen MR) is 87.4 cm³/mol. The van der Waals surface area contributed by atoms with Gasteiger partial charge in [0.15, 0.2) is 6.10 Å². The van der Waals surface area contributed by atoms with E-state index in [0.29, 0.717) is 5.56 Å². The Labute approximate surface area is 130 Å². The second-order valence-electron chi connectivity index (χ2n) is 5.31. The van der Waals surface area contributed by atoms with Crippen molar-refractivity contribution in [2.45, 2.75) is 20.0 Å². The summed E-state index contributed by atoms with van der Waals surface area (Å²) < 4.78 is 0. The second kappa shape index (κ2) is 7.52. The standard InChI is InChI=1S/C18H20N2O2/c1-13(2)16(14-9-5-3-6-10-14)19-20-18(22)17(21)15-11-7-4-8-12-15/h3-13,17,21H,1-2H3,(H,20,22)/b19-16+/t17-/m0/s1. The molecule has 0 aromatic heterocycles. The lowest BCUT2D eigenvalue weighted by Crippen LogP contribution is -2.27. The van der Waals surface area contributed by atoms with Gasteiger partial charge in [-0.05, 0) is 17.0 Å². The minimum absolute atomic E-state index is 0.150. The van der Waals surface area contributed by atoms with Crippen molar-refractivity contribution in [2.24, 2.45) is 11.0 Å². The van der Waals surface area contributed by atoms with Crippen LogP contribution in [0.1, 0.15) is 31.1 Å². The molecule has 0 saturated carbocycles. The van der Waals surface area contributed by atoms with Crippen LogP contribution in [0.15, 0.2) is 65.8 Å². The number of aliphatic hydroxyl groups excluding tert-OH is 1. The zero-order valence-electron chi connectivity index (χ0n) is 12.7. The van der Waals surface area contributed by atoms with Gasteiger partial charge in [-0.1, -0.05) is 74.5 Å². The number of nitrogens with zero attached hydrogens (tertiary/aromatic N) is 1. The Balaban J connectivity index is 2.13. The van der Waals surface area contributed by atoms with E-state index in [9.17, 15) is 9.90 Å². The molecule has 22 heavy (non-hydrogen) atoms. The number of benzene rings is 2. The molecule has 0 aliphatic rings. The molecule has 0 spiro atoms. The maximum Gasteiger partial charge on any atom is 0.273 e. The summed E-state index contributed by atoms with van der Waals surface area (Å²) in [4.78, 5) is 12.0. The number of aliphatic hydroxyl groups is 1. The maximum absolute atomic E-state index is 12.0. The fraction of sp³-hybridized carbons (Fsp3) is 0.222. The Morgan fingerprint density at radius 3 is 2.09 bits per heavy atom. The summed E-state index contributed by atoms with van der Waals surface area (Å²) in [5, 5.41) is 14.2. The first-order valence-electron chi connectivity index (χ1n) is 7.25. The van der Waals surface area contributed by atoms with Crippen molar-refractivity contribution >= 4 is 11.6 Å². The molecule has 0 radical (unpaired) electrons. The number of carbonyl (C=O) groups excluding carboxylic acids is 1. The fourth-order valence-corrected chi connectivity index (χ4v) is 2.10. The normalized spacial score (nSPS) is 13.0. The van der Waals surface area contributed by atoms with Crippen LogP contribution in [0.5, 0.6) is 0 Å². The molecule has 0 bridgehead atoms. The van der Waals surface area contributed by atoms with E-state index in [2.05, 4.69) is 10.5 Å². The van der Waals surface area contributed by atoms with Crippen LogP contribution in [-0.4, -0.2) is 16.7 Å². The Morgan fingerprint density at radius 1 is 1.00 bits per heavy atom. The molecule has 1 atom stereocenters. The van der Waals surface area contributed by atoms with Crippen LogP contribution < -0.4 is 5.43 Å². The predicted octanol–water partition coefficient (Wildman–Crippen LogP) is 2.90. The Bertz CT molecular complexity index is 637. The largest absolute Gasteiger partial charge is 0.378 e. The summed E-state index contributed by atoms with van der Waals surface area (Å²) in [5.74, 6) is -0.392. The Kier molecular flexibility index (Phi) is 5.44. The van der Waals surface area contributed by atoms with Crippen LogP contribution in [0, 0.1) is 5.92 Å². The van der Waals surface area contributed by atoms with E-state index in [1.807, 2.05) is 50.2 Å². The van der Waals surface area contributed by atoms with Gasteiger partial charge in [-0.25, -0.2) is 5.43 Å². The van der Waals surface area contributed by atoms with Crippen molar-refractivity contribution in [2.75, 3.05) is 0 Å². The third kappa shape index (κ3) is 4.02. The summed E-state index contributed by atoms with van der Waals surface area (Å²) in [6, 6.07) is 18.5. The van der Waals surface area contributed by atoms with E-state index >= 15 is 0 Å². The van der Waals surface area contributed by atoms with Crippen LogP contribution in [-0.2, 0) is 4.79 Å². The highest BCUT2D eigenvalue weighted by Gasteiger charge is 2.17. The minimum atomic E-state index is -1.23. The molecule has 0 fully saturated rings. The van der Waals surface area contributed by atoms with E-state index in [0.717, 1.165) is 11.3 Å². The van der Waals surface area contributed by atoms with Crippen molar-refractivity contribution in [3.63, 3.8) is 0 Å². The molecule has 2 aromatic carbocycles. The highest BCUT2D eigenvalue weighted by Crippen LogP contribution is 2.13. The highest BCUT2D eigenvalue weighted by atomic mass is 16.3. The van der Waals surface area contributed by atoms with Crippen molar-refractivity contribution in [1.82, 2.24) is 5.43 Å². The smallest absolute Gasteiger partial charge is 0.273 e. The summed E-state index contributed by atoms with van der Waals surface area (Å²) in [6.07, 6.45) is -1.23. The third-order valence-electron chi connectivity index (χ3n) is 3.27. The van der Waals surface area contributed by atoms with Gasteiger partial charge in [-0.2, -0.15) is 5.10 Å². The van der Waals surface area contributed by atoms with Crippen LogP contribution in [0.2, 0.25) is 0 Å². The monoisotopic (exact) mass is 296 g/mol. The number of rotatable bonds is 5. The zero-order chi connectivity index (χ0) is 15.9. The number of hydrogen-bond donors (Lipinski definition) is 2. The molecule has 0 saturated heterocycles. The molecule has 4 nitrogen and oxygen atoms in total. The first kappa shape index (κ1) is 15.9. The average molecular weight is 296 g/mol. The van der Waals surface area contributed by atoms with Crippen molar-refractivity contribution in [3.8, 4) is 0 Å². The fourth-order valence-electron chi connectivity index (χ4n) is 2.10. The molecule has 2 aromatic rings. The maximum atomic E-state index is 12.0. The van der Waals surface area contributed by atoms with Crippen molar-refractivity contribution in [1.29, 1.82) is 0 Å². The van der Waals surface area contributed by atoms with Gasteiger partial charge in [0.05, 0.1) is 5.71 Å². The van der Waals surface area contributed by atoms with Crippen molar-refractivity contribution in [3.05, 3.63) is 71.8 Å². The van der Waals surface area contributed by atoms with Crippen LogP contribution in [0.25, 0.3) is 0 Å². The molecular weight excluding hydrogens is 276 g/mol. The summed E-state index contributed by atoms with van der Waals surface area (Å²) >= 11 is 0. The summed E-state index contributed by atoms with van der Waals surface area (Å²) in [5.41, 5.74) is 4.73. The highest BCUT2D eigenvalue weighted by molar-refractivity contribution is 6.02. The summed E-state index contributed by atoms with van der Waals surface area (Å²) in [6.45, 7) is 4.01. The van der Waals surface area contributed by atoms with Crippen LogP contribution >= 0.6 is 0 Å². The van der Waals surface area contributed by atoms with E-state index in [1.165, 1.54) is 0 Å². The van der Waals surface area contributed by atoms with E-state index in [1.54, 1.807) is 24.3 Å². The molecule has 0 aliphatic carbocycles. The average Bonchev–Trinajstić information content (AvgIpc) is 2.55. The minimum Gasteiger partial charge on any atom is -0.378 e. The topological polar surface area (TPSA) is 61.7 Å². The molecule has 4 heteroatoms. The van der Waals surface area contributed by atoms with Gasteiger partial charge < -0.3 is 5.11 Å². The first-order valence-corrected chi connectivity index (χ1v) is 7.25. The lowest BCUT2D eigenvalue weighted by Gasteiger charge is -2.13. The van der Waals surface area contributed by atoms with Gasteiger partial charge in [-0.3, -0.25) is 4.79 Å². The molecule has 114 valence electrons. The molecular formula is C18H20N2O2. The SMILES string of the molecule is CC(C)/C(=N\NC(=O)[C@@H](O)c1ccccc1)c1ccccc1. The first-order chi connectivity index (χ1) is 10.6. The lowest BCUT2D eigenvalue weighted by atomic mass is 10.0. The second-order valence-corrected chi connectivity index (χ2v) is 5.31. The molecule has 0 heterocycles. The molecule has 1 amide bonds. The van der Waals surface area contributed by atoms with Crippen molar-refractivity contribution < 1.29 is 9.90 Å². The van der Waals surface area contributed by atoms with Gasteiger partial charge in [-0.15, -0.1) is 0 Å². The van der Waals surface area contributed by atoms with Gasteiger partial charge in [0.25, 0.3) is 5.91 Å². The number of carbonyl (C=O) groups is 1. The molecule has 0 unspecified atom stereocenters. The number of hydrazone groups is 1. The van der Waals surface area contributed by atoms with E-state index in [-0.39, 0.29) is 5.92 Å². The third-order valence-corrected chi connectivity index (χ3v) is 3.27. The zero-order valence-corrected chi connectivity index (χ0v) is 12.7. The lowest BCUT2D eigenvalue weighted by molar-refractivity contribution is -0.129. The van der Waals surface area contributed by atoms with Gasteiger partial charge in [0.1, 0.15) is 0 Å². The molecule has 2 rings (SSSR count).